The lowest BCUT2D eigenvalue weighted by Gasteiger charge is -2.26. The molecule has 6 nitrogen and oxygen atoms in total. The van der Waals surface area contributed by atoms with Crippen LogP contribution in [-0.2, 0) is 19.1 Å². The normalized spacial score (nSPS) is 31.1. The molecule has 0 radical (unpaired) electrons. The molecule has 24 heavy (non-hydrogen) atoms. The Morgan fingerprint density at radius 1 is 0.792 bits per heavy atom. The van der Waals surface area contributed by atoms with Gasteiger partial charge in [0.1, 0.15) is 0 Å². The van der Waals surface area contributed by atoms with Crippen LogP contribution in [-0.4, -0.2) is 18.2 Å². The Morgan fingerprint density at radius 2 is 1.12 bits per heavy atom. The molecule has 2 aliphatic rings. The van der Waals surface area contributed by atoms with Gasteiger partial charge in [-0.15, -0.1) is 0 Å². The summed E-state index contributed by atoms with van der Waals surface area (Å²) in [4.78, 5) is 24.2. The van der Waals surface area contributed by atoms with Crippen molar-refractivity contribution in [2.24, 2.45) is 23.7 Å². The molecule has 0 atom stereocenters. The molecule has 130 valence electrons. The van der Waals surface area contributed by atoms with E-state index in [-0.39, 0.29) is 35.6 Å². The van der Waals surface area contributed by atoms with E-state index in [4.69, 9.17) is 20.0 Å². The lowest BCUT2D eigenvalue weighted by atomic mass is 9.83. The maximum atomic E-state index is 12.1. The van der Waals surface area contributed by atoms with Gasteiger partial charge in [-0.25, -0.2) is 0 Å². The average molecular weight is 332 g/mol. The van der Waals surface area contributed by atoms with Crippen LogP contribution in [0.4, 0.5) is 0 Å². The quantitative estimate of drug-likeness (QED) is 0.579. The second-order valence-corrected chi connectivity index (χ2v) is 6.80. The largest absolute Gasteiger partial charge is 0.425 e. The fraction of sp³-hybridized carbons (Fsp3) is 0.778. The number of rotatable bonds is 4. The summed E-state index contributed by atoms with van der Waals surface area (Å²) in [6, 6.07) is 4.46. The lowest BCUT2D eigenvalue weighted by molar-refractivity contribution is -0.191. The number of hydrogen-bond donors (Lipinski definition) is 0. The van der Waals surface area contributed by atoms with Crippen LogP contribution in [0.25, 0.3) is 0 Å². The van der Waals surface area contributed by atoms with E-state index in [0.29, 0.717) is 51.4 Å². The lowest BCUT2D eigenvalue weighted by Crippen LogP contribution is -2.31. The van der Waals surface area contributed by atoms with E-state index in [2.05, 4.69) is 12.1 Å². The van der Waals surface area contributed by atoms with Gasteiger partial charge >= 0.3 is 11.9 Å². The number of esters is 2. The molecule has 0 N–H and O–H groups in total. The van der Waals surface area contributed by atoms with Crippen molar-refractivity contribution >= 4 is 11.9 Å². The first-order valence-electron chi connectivity index (χ1n) is 8.73. The molecule has 2 fully saturated rings. The summed E-state index contributed by atoms with van der Waals surface area (Å²) in [7, 11) is 0. The predicted octanol–water partition coefficient (Wildman–Crippen LogP) is 3.08. The molecule has 2 saturated carbocycles. The van der Waals surface area contributed by atoms with Crippen LogP contribution in [0.1, 0.15) is 58.3 Å². The number of ether oxygens (including phenoxy) is 2. The van der Waals surface area contributed by atoms with Crippen LogP contribution in [0.2, 0.25) is 0 Å². The maximum absolute atomic E-state index is 12.1. The van der Waals surface area contributed by atoms with Gasteiger partial charge in [0.15, 0.2) is 0 Å². The Labute approximate surface area is 142 Å². The van der Waals surface area contributed by atoms with Crippen LogP contribution in [0.15, 0.2) is 0 Å². The molecule has 0 aromatic rings. The molecule has 0 aliphatic heterocycles. The Balaban J connectivity index is 1.72. The monoisotopic (exact) mass is 332 g/mol. The molecular weight excluding hydrogens is 308 g/mol. The second kappa shape index (κ2) is 8.68. The summed E-state index contributed by atoms with van der Waals surface area (Å²) in [5.41, 5.74) is 0. The average Bonchev–Trinajstić information content (AvgIpc) is 2.61. The summed E-state index contributed by atoms with van der Waals surface area (Å²) in [6.45, 7) is 1.55. The van der Waals surface area contributed by atoms with Gasteiger partial charge in [0, 0.05) is 18.8 Å². The van der Waals surface area contributed by atoms with Gasteiger partial charge in [0.25, 0.3) is 0 Å². The van der Waals surface area contributed by atoms with Crippen molar-refractivity contribution in [1.29, 1.82) is 10.5 Å². The van der Waals surface area contributed by atoms with Gasteiger partial charge in [-0.1, -0.05) is 0 Å². The summed E-state index contributed by atoms with van der Waals surface area (Å²) in [5.74, 6) is -1.04. The minimum atomic E-state index is -0.896. The summed E-state index contributed by atoms with van der Waals surface area (Å²) in [6.07, 6.45) is 4.56. The minimum Gasteiger partial charge on any atom is -0.425 e. The smallest absolute Gasteiger partial charge is 0.311 e. The minimum absolute atomic E-state index is 0.0350. The Bertz CT molecular complexity index is 484. The molecule has 2 rings (SSSR count). The summed E-state index contributed by atoms with van der Waals surface area (Å²) >= 11 is 0. The van der Waals surface area contributed by atoms with Crippen molar-refractivity contribution in [3.63, 3.8) is 0 Å². The van der Waals surface area contributed by atoms with E-state index < -0.39 is 6.29 Å². The van der Waals surface area contributed by atoms with Gasteiger partial charge < -0.3 is 9.47 Å². The SMILES string of the molecule is CC(OC(=O)C1CCC(C#N)CC1)OC(=O)C1CCC(C#N)CC1. The molecule has 0 bridgehead atoms. The summed E-state index contributed by atoms with van der Waals surface area (Å²) < 4.78 is 10.5. The second-order valence-electron chi connectivity index (χ2n) is 6.80. The van der Waals surface area contributed by atoms with Gasteiger partial charge in [-0.05, 0) is 51.4 Å². The molecular formula is C18H24N2O4. The van der Waals surface area contributed by atoms with Crippen LogP contribution in [0.3, 0.4) is 0 Å². The highest BCUT2D eigenvalue weighted by atomic mass is 16.7. The first-order chi connectivity index (χ1) is 11.5. The maximum Gasteiger partial charge on any atom is 0.311 e. The number of carbonyl (C=O) groups excluding carboxylic acids is 2. The first kappa shape index (κ1) is 18.3. The topological polar surface area (TPSA) is 100 Å². The molecule has 6 heteroatoms. The van der Waals surface area contributed by atoms with Gasteiger partial charge in [-0.2, -0.15) is 10.5 Å². The van der Waals surface area contributed by atoms with Crippen LogP contribution in [0.5, 0.6) is 0 Å². The van der Waals surface area contributed by atoms with Crippen molar-refractivity contribution in [2.75, 3.05) is 0 Å². The first-order valence-corrected chi connectivity index (χ1v) is 8.73. The third-order valence-corrected chi connectivity index (χ3v) is 5.05. The highest BCUT2D eigenvalue weighted by Crippen LogP contribution is 2.31. The zero-order valence-electron chi connectivity index (χ0n) is 14.1. The predicted molar refractivity (Wildman–Crippen MR) is 83.8 cm³/mol. The Kier molecular flexibility index (Phi) is 6.61. The number of nitriles is 2. The van der Waals surface area contributed by atoms with Crippen LogP contribution in [0, 0.1) is 46.3 Å². The Hall–Kier alpha value is -2.08. The molecule has 0 saturated heterocycles. The third-order valence-electron chi connectivity index (χ3n) is 5.05. The molecule has 0 amide bonds. The van der Waals surface area contributed by atoms with Gasteiger partial charge in [-0.3, -0.25) is 9.59 Å². The van der Waals surface area contributed by atoms with E-state index in [0.717, 1.165) is 0 Å². The van der Waals surface area contributed by atoms with E-state index in [1.165, 1.54) is 0 Å². The van der Waals surface area contributed by atoms with Crippen LogP contribution >= 0.6 is 0 Å². The fourth-order valence-corrected chi connectivity index (χ4v) is 3.46. The van der Waals surface area contributed by atoms with E-state index >= 15 is 0 Å². The Morgan fingerprint density at radius 3 is 1.42 bits per heavy atom. The van der Waals surface area contributed by atoms with Crippen molar-refractivity contribution in [1.82, 2.24) is 0 Å². The zero-order valence-corrected chi connectivity index (χ0v) is 14.1. The zero-order chi connectivity index (χ0) is 17.5. The molecule has 0 aromatic carbocycles. The third kappa shape index (κ3) is 4.96. The summed E-state index contributed by atoms with van der Waals surface area (Å²) in [5, 5.41) is 17.7. The van der Waals surface area contributed by atoms with Crippen molar-refractivity contribution in [3.8, 4) is 12.1 Å². The van der Waals surface area contributed by atoms with E-state index in [9.17, 15) is 9.59 Å². The van der Waals surface area contributed by atoms with Gasteiger partial charge in [0.05, 0.1) is 24.0 Å². The molecule has 2 aliphatic carbocycles. The van der Waals surface area contributed by atoms with Gasteiger partial charge in [0.2, 0.25) is 6.29 Å². The molecule has 0 unspecified atom stereocenters. The highest BCUT2D eigenvalue weighted by Gasteiger charge is 2.31. The molecule has 0 aromatic heterocycles. The fourth-order valence-electron chi connectivity index (χ4n) is 3.46. The van der Waals surface area contributed by atoms with Crippen molar-refractivity contribution in [3.05, 3.63) is 0 Å². The van der Waals surface area contributed by atoms with Crippen LogP contribution < -0.4 is 0 Å². The van der Waals surface area contributed by atoms with E-state index in [1.54, 1.807) is 6.92 Å². The van der Waals surface area contributed by atoms with Crippen molar-refractivity contribution in [2.45, 2.75) is 64.6 Å². The number of nitrogens with zero attached hydrogens (tertiary/aromatic N) is 2. The molecule has 0 spiro atoms. The molecule has 0 heterocycles. The number of carbonyl (C=O) groups is 2. The highest BCUT2D eigenvalue weighted by molar-refractivity contribution is 5.74. The van der Waals surface area contributed by atoms with E-state index in [1.807, 2.05) is 0 Å². The van der Waals surface area contributed by atoms with Crippen molar-refractivity contribution < 1.29 is 19.1 Å². The standard InChI is InChI=1S/C18H24N2O4/c1-12(23-17(21)15-6-2-13(10-19)3-7-15)24-18(22)16-8-4-14(11-20)5-9-16/h12-16H,2-9H2,1H3. The number of hydrogen-bond acceptors (Lipinski definition) is 6.